The fraction of sp³-hybridized carbons (Fsp3) is 0.750. The highest BCUT2D eigenvalue weighted by Gasteiger charge is 2.22. The quantitative estimate of drug-likeness (QED) is 0.871. The molecule has 5 heteroatoms. The topological polar surface area (TPSA) is 53.4 Å². The van der Waals surface area contributed by atoms with Gasteiger partial charge in [0.1, 0.15) is 0 Å². The fourth-order valence-corrected chi connectivity index (χ4v) is 4.08. The minimum absolute atomic E-state index is 0.0387. The van der Waals surface area contributed by atoms with Gasteiger partial charge in [-0.1, -0.05) is 33.1 Å². The number of nitrogens with zero attached hydrogens (tertiary/aromatic N) is 2. The average molecular weight is 310 g/mol. The summed E-state index contributed by atoms with van der Waals surface area (Å²) in [7, 11) is 2.16. The van der Waals surface area contributed by atoms with Gasteiger partial charge in [0.15, 0.2) is 0 Å². The van der Waals surface area contributed by atoms with Crippen LogP contribution in [0.1, 0.15) is 67.4 Å². The molecule has 1 aliphatic rings. The number of hydrogen-bond acceptors (Lipinski definition) is 4. The van der Waals surface area contributed by atoms with Crippen molar-refractivity contribution < 1.29 is 9.90 Å². The third-order valence-electron chi connectivity index (χ3n) is 4.20. The highest BCUT2D eigenvalue weighted by atomic mass is 32.1. The van der Waals surface area contributed by atoms with Crippen molar-refractivity contribution in [2.75, 3.05) is 7.05 Å². The monoisotopic (exact) mass is 310 g/mol. The van der Waals surface area contributed by atoms with Crippen molar-refractivity contribution in [1.29, 1.82) is 0 Å². The van der Waals surface area contributed by atoms with E-state index in [-0.39, 0.29) is 6.42 Å². The summed E-state index contributed by atoms with van der Waals surface area (Å²) in [6.07, 6.45) is 6.55. The van der Waals surface area contributed by atoms with Gasteiger partial charge in [0, 0.05) is 23.4 Å². The van der Waals surface area contributed by atoms with Crippen molar-refractivity contribution in [2.24, 2.45) is 0 Å². The van der Waals surface area contributed by atoms with E-state index in [1.807, 2.05) is 0 Å². The first kappa shape index (κ1) is 16.4. The lowest BCUT2D eigenvalue weighted by atomic mass is 9.94. The van der Waals surface area contributed by atoms with Crippen LogP contribution in [-0.4, -0.2) is 34.0 Å². The maximum absolute atomic E-state index is 11.0. The summed E-state index contributed by atoms with van der Waals surface area (Å²) < 4.78 is 0. The van der Waals surface area contributed by atoms with Crippen molar-refractivity contribution in [3.8, 4) is 0 Å². The minimum atomic E-state index is -0.794. The van der Waals surface area contributed by atoms with Crippen LogP contribution >= 0.6 is 11.3 Å². The molecule has 118 valence electrons. The van der Waals surface area contributed by atoms with Gasteiger partial charge in [-0.2, -0.15) is 0 Å². The molecule has 1 saturated carbocycles. The van der Waals surface area contributed by atoms with Crippen LogP contribution < -0.4 is 0 Å². The third kappa shape index (κ3) is 4.51. The van der Waals surface area contributed by atoms with Gasteiger partial charge in [-0.3, -0.25) is 9.69 Å². The van der Waals surface area contributed by atoms with Gasteiger partial charge in [-0.05, 0) is 19.9 Å². The molecule has 1 aliphatic carbocycles. The Bertz CT molecular complexity index is 479. The second-order valence-electron chi connectivity index (χ2n) is 6.35. The van der Waals surface area contributed by atoms with Gasteiger partial charge in [0.2, 0.25) is 0 Å². The number of carbonyl (C=O) groups is 1. The summed E-state index contributed by atoms with van der Waals surface area (Å²) in [6.45, 7) is 5.05. The standard InChI is InChI=1S/C16H26N2O2S/c1-11(2)16-17-13(9-15(19)20)14(21-16)10-18(3)12-7-5-4-6-8-12/h11-12H,4-10H2,1-3H3,(H,19,20). The van der Waals surface area contributed by atoms with Crippen molar-refractivity contribution in [2.45, 2.75) is 70.9 Å². The summed E-state index contributed by atoms with van der Waals surface area (Å²) in [4.78, 5) is 19.1. The van der Waals surface area contributed by atoms with Crippen molar-refractivity contribution in [1.82, 2.24) is 9.88 Å². The van der Waals surface area contributed by atoms with Gasteiger partial charge < -0.3 is 5.11 Å². The molecule has 2 rings (SSSR count). The summed E-state index contributed by atoms with van der Waals surface area (Å²) in [6, 6.07) is 0.640. The fourth-order valence-electron chi connectivity index (χ4n) is 2.93. The van der Waals surface area contributed by atoms with E-state index in [0.717, 1.165) is 22.1 Å². The van der Waals surface area contributed by atoms with Crippen LogP contribution in [0, 0.1) is 0 Å². The van der Waals surface area contributed by atoms with Crippen LogP contribution in [0.25, 0.3) is 0 Å². The van der Waals surface area contributed by atoms with E-state index in [2.05, 4.69) is 30.8 Å². The van der Waals surface area contributed by atoms with E-state index in [1.165, 1.54) is 32.1 Å². The Morgan fingerprint density at radius 1 is 1.38 bits per heavy atom. The normalized spacial score (nSPS) is 16.8. The molecule has 0 bridgehead atoms. The smallest absolute Gasteiger partial charge is 0.309 e. The molecule has 0 aliphatic heterocycles. The number of aromatic nitrogens is 1. The first-order valence-corrected chi connectivity index (χ1v) is 8.69. The molecule has 1 aromatic rings. The highest BCUT2D eigenvalue weighted by Crippen LogP contribution is 2.29. The lowest BCUT2D eigenvalue weighted by Gasteiger charge is -2.30. The zero-order chi connectivity index (χ0) is 15.4. The van der Waals surface area contributed by atoms with Gasteiger partial charge in [0.05, 0.1) is 17.1 Å². The molecule has 0 saturated heterocycles. The Kier molecular flexibility index (Phi) is 5.76. The summed E-state index contributed by atoms with van der Waals surface area (Å²) in [5.41, 5.74) is 0.763. The van der Waals surface area contributed by atoms with Crippen molar-refractivity contribution in [3.63, 3.8) is 0 Å². The highest BCUT2D eigenvalue weighted by molar-refractivity contribution is 7.11. The summed E-state index contributed by atoms with van der Waals surface area (Å²) in [5, 5.41) is 10.1. The number of carboxylic acid groups (broad SMARTS) is 1. The first-order valence-electron chi connectivity index (χ1n) is 7.88. The molecule has 1 fully saturated rings. The predicted molar refractivity (Wildman–Crippen MR) is 85.9 cm³/mol. The molecule has 0 radical (unpaired) electrons. The summed E-state index contributed by atoms with van der Waals surface area (Å²) >= 11 is 1.69. The lowest BCUT2D eigenvalue weighted by molar-refractivity contribution is -0.136. The Hall–Kier alpha value is -0.940. The van der Waals surface area contributed by atoms with E-state index >= 15 is 0 Å². The van der Waals surface area contributed by atoms with Crippen LogP contribution in [0.5, 0.6) is 0 Å². The van der Waals surface area contributed by atoms with Crippen LogP contribution in [0.15, 0.2) is 0 Å². The van der Waals surface area contributed by atoms with Gasteiger partial charge in [-0.25, -0.2) is 4.98 Å². The molecule has 4 nitrogen and oxygen atoms in total. The van der Waals surface area contributed by atoms with Crippen LogP contribution in [-0.2, 0) is 17.8 Å². The molecule has 0 atom stereocenters. The van der Waals surface area contributed by atoms with E-state index in [9.17, 15) is 4.79 Å². The van der Waals surface area contributed by atoms with Crippen LogP contribution in [0.4, 0.5) is 0 Å². The van der Waals surface area contributed by atoms with E-state index in [4.69, 9.17) is 5.11 Å². The molecular formula is C16H26N2O2S. The number of hydrogen-bond donors (Lipinski definition) is 1. The van der Waals surface area contributed by atoms with E-state index in [1.54, 1.807) is 11.3 Å². The molecule has 0 amide bonds. The number of thiazole rings is 1. The van der Waals surface area contributed by atoms with E-state index in [0.29, 0.717) is 12.0 Å². The maximum Gasteiger partial charge on any atom is 0.309 e. The van der Waals surface area contributed by atoms with Crippen LogP contribution in [0.3, 0.4) is 0 Å². The van der Waals surface area contributed by atoms with Crippen molar-refractivity contribution >= 4 is 17.3 Å². The number of carboxylic acids is 1. The SMILES string of the molecule is CC(C)c1nc(CC(=O)O)c(CN(C)C2CCCCC2)s1. The Morgan fingerprint density at radius 2 is 2.05 bits per heavy atom. The van der Waals surface area contributed by atoms with Gasteiger partial charge in [-0.15, -0.1) is 11.3 Å². The predicted octanol–water partition coefficient (Wildman–Crippen LogP) is 3.66. The summed E-state index contributed by atoms with van der Waals surface area (Å²) in [5.74, 6) is -0.437. The Labute approximate surface area is 131 Å². The molecule has 0 spiro atoms. The molecule has 1 aromatic heterocycles. The average Bonchev–Trinajstić information content (AvgIpc) is 2.82. The van der Waals surface area contributed by atoms with Crippen LogP contribution in [0.2, 0.25) is 0 Å². The first-order chi connectivity index (χ1) is 9.97. The lowest BCUT2D eigenvalue weighted by Crippen LogP contribution is -2.32. The molecular weight excluding hydrogens is 284 g/mol. The van der Waals surface area contributed by atoms with Gasteiger partial charge in [0.25, 0.3) is 0 Å². The number of rotatable bonds is 6. The molecule has 1 N–H and O–H groups in total. The van der Waals surface area contributed by atoms with Gasteiger partial charge >= 0.3 is 5.97 Å². The Morgan fingerprint density at radius 3 is 2.62 bits per heavy atom. The third-order valence-corrected chi connectivity index (χ3v) is 5.58. The molecule has 21 heavy (non-hydrogen) atoms. The molecule has 0 unspecified atom stereocenters. The molecule has 1 heterocycles. The second-order valence-corrected chi connectivity index (χ2v) is 7.47. The largest absolute Gasteiger partial charge is 0.481 e. The molecule has 0 aromatic carbocycles. The Balaban J connectivity index is 2.10. The second kappa shape index (κ2) is 7.36. The zero-order valence-electron chi connectivity index (χ0n) is 13.3. The number of aliphatic carboxylic acids is 1. The van der Waals surface area contributed by atoms with Crippen molar-refractivity contribution in [3.05, 3.63) is 15.6 Å². The minimum Gasteiger partial charge on any atom is -0.481 e. The maximum atomic E-state index is 11.0. The van der Waals surface area contributed by atoms with E-state index < -0.39 is 5.97 Å². The zero-order valence-corrected chi connectivity index (χ0v) is 14.1.